The first kappa shape index (κ1) is 14.0. The highest BCUT2D eigenvalue weighted by Crippen LogP contribution is 2.15. The molecule has 3 nitrogen and oxygen atoms in total. The minimum atomic E-state index is 0.620. The molecule has 0 atom stereocenters. The molecule has 0 amide bonds. The van der Waals surface area contributed by atoms with E-state index in [4.69, 9.17) is 9.15 Å². The van der Waals surface area contributed by atoms with E-state index in [2.05, 4.69) is 24.9 Å². The lowest BCUT2D eigenvalue weighted by Gasteiger charge is -2.02. The summed E-state index contributed by atoms with van der Waals surface area (Å²) in [4.78, 5) is 0. The predicted molar refractivity (Wildman–Crippen MR) is 69.9 cm³/mol. The van der Waals surface area contributed by atoms with Crippen LogP contribution in [0.5, 0.6) is 0 Å². The lowest BCUT2D eigenvalue weighted by molar-refractivity contribution is 0.123. The SMILES string of the molecule is C=C(C)CCOCc1cc(CNCC)oc1C. The molecule has 0 aliphatic carbocycles. The maximum Gasteiger partial charge on any atom is 0.118 e. The van der Waals surface area contributed by atoms with Crippen LogP contribution in [0.25, 0.3) is 0 Å². The van der Waals surface area contributed by atoms with Gasteiger partial charge in [0.2, 0.25) is 0 Å². The van der Waals surface area contributed by atoms with E-state index >= 15 is 0 Å². The van der Waals surface area contributed by atoms with Gasteiger partial charge in [-0.3, -0.25) is 0 Å². The van der Waals surface area contributed by atoms with Crippen molar-refractivity contribution >= 4 is 0 Å². The monoisotopic (exact) mass is 237 g/mol. The van der Waals surface area contributed by atoms with E-state index in [0.29, 0.717) is 6.61 Å². The zero-order valence-corrected chi connectivity index (χ0v) is 11.1. The highest BCUT2D eigenvalue weighted by molar-refractivity contribution is 5.19. The molecular formula is C14H23NO2. The van der Waals surface area contributed by atoms with Crippen molar-refractivity contribution in [1.82, 2.24) is 5.32 Å². The molecule has 1 heterocycles. The van der Waals surface area contributed by atoms with Gasteiger partial charge < -0.3 is 14.5 Å². The van der Waals surface area contributed by atoms with E-state index in [9.17, 15) is 0 Å². The summed E-state index contributed by atoms with van der Waals surface area (Å²) < 4.78 is 11.2. The first-order valence-electron chi connectivity index (χ1n) is 6.14. The van der Waals surface area contributed by atoms with Gasteiger partial charge in [0.05, 0.1) is 19.8 Å². The Balaban J connectivity index is 2.37. The van der Waals surface area contributed by atoms with E-state index in [1.165, 1.54) is 0 Å². The van der Waals surface area contributed by atoms with Crippen molar-refractivity contribution in [2.45, 2.75) is 40.3 Å². The largest absolute Gasteiger partial charge is 0.465 e. The van der Waals surface area contributed by atoms with Crippen LogP contribution in [0.2, 0.25) is 0 Å². The zero-order chi connectivity index (χ0) is 12.7. The van der Waals surface area contributed by atoms with Gasteiger partial charge in [-0.2, -0.15) is 0 Å². The number of nitrogens with one attached hydrogen (secondary N) is 1. The third-order valence-electron chi connectivity index (χ3n) is 2.55. The summed E-state index contributed by atoms with van der Waals surface area (Å²) >= 11 is 0. The molecule has 0 fully saturated rings. The van der Waals surface area contributed by atoms with Crippen LogP contribution in [0.1, 0.15) is 37.4 Å². The van der Waals surface area contributed by atoms with Crippen molar-refractivity contribution in [1.29, 1.82) is 0 Å². The van der Waals surface area contributed by atoms with E-state index in [-0.39, 0.29) is 0 Å². The third-order valence-corrected chi connectivity index (χ3v) is 2.55. The number of furan rings is 1. The molecule has 0 unspecified atom stereocenters. The average molecular weight is 237 g/mol. The highest BCUT2D eigenvalue weighted by Gasteiger charge is 2.06. The van der Waals surface area contributed by atoms with Gasteiger partial charge in [-0.1, -0.05) is 12.5 Å². The summed E-state index contributed by atoms with van der Waals surface area (Å²) in [7, 11) is 0. The van der Waals surface area contributed by atoms with Crippen LogP contribution in [0.4, 0.5) is 0 Å². The molecule has 0 spiro atoms. The fourth-order valence-electron chi connectivity index (χ4n) is 1.49. The lowest BCUT2D eigenvalue weighted by Crippen LogP contribution is -2.10. The molecule has 0 aliphatic rings. The van der Waals surface area contributed by atoms with Gasteiger partial charge in [0.25, 0.3) is 0 Å². The minimum absolute atomic E-state index is 0.620. The number of hydrogen-bond donors (Lipinski definition) is 1. The second-order valence-electron chi connectivity index (χ2n) is 4.33. The summed E-state index contributed by atoms with van der Waals surface area (Å²) in [5.74, 6) is 1.93. The molecule has 1 aromatic heterocycles. The predicted octanol–water partition coefficient (Wildman–Crippen LogP) is 3.18. The molecule has 3 heteroatoms. The van der Waals surface area contributed by atoms with Gasteiger partial charge >= 0.3 is 0 Å². The van der Waals surface area contributed by atoms with E-state index in [1.54, 1.807) is 0 Å². The zero-order valence-electron chi connectivity index (χ0n) is 11.1. The van der Waals surface area contributed by atoms with E-state index in [0.717, 1.165) is 48.8 Å². The smallest absolute Gasteiger partial charge is 0.118 e. The molecule has 0 radical (unpaired) electrons. The van der Waals surface area contributed by atoms with Crippen molar-refractivity contribution in [3.63, 3.8) is 0 Å². The van der Waals surface area contributed by atoms with Crippen molar-refractivity contribution in [2.75, 3.05) is 13.2 Å². The maximum absolute atomic E-state index is 5.63. The molecule has 17 heavy (non-hydrogen) atoms. The van der Waals surface area contributed by atoms with Gasteiger partial charge in [-0.15, -0.1) is 6.58 Å². The summed E-state index contributed by atoms with van der Waals surface area (Å²) in [6, 6.07) is 2.07. The third kappa shape index (κ3) is 5.20. The second-order valence-corrected chi connectivity index (χ2v) is 4.33. The topological polar surface area (TPSA) is 34.4 Å². The summed E-state index contributed by atoms with van der Waals surface area (Å²) in [5.41, 5.74) is 2.29. The molecular weight excluding hydrogens is 214 g/mol. The molecule has 1 N–H and O–H groups in total. The fourth-order valence-corrected chi connectivity index (χ4v) is 1.49. The normalized spacial score (nSPS) is 10.8. The van der Waals surface area contributed by atoms with Gasteiger partial charge in [-0.05, 0) is 32.9 Å². The van der Waals surface area contributed by atoms with Gasteiger partial charge in [-0.25, -0.2) is 0 Å². The average Bonchev–Trinajstić information content (AvgIpc) is 2.62. The van der Waals surface area contributed by atoms with Crippen LogP contribution in [0.3, 0.4) is 0 Å². The molecule has 0 bridgehead atoms. The fraction of sp³-hybridized carbons (Fsp3) is 0.571. The minimum Gasteiger partial charge on any atom is -0.465 e. The standard InChI is InChI=1S/C14H23NO2/c1-5-15-9-14-8-13(12(4)17-14)10-16-7-6-11(2)3/h8,15H,2,5-7,9-10H2,1,3-4H3. The molecule has 1 aromatic rings. The van der Waals surface area contributed by atoms with Crippen LogP contribution in [-0.4, -0.2) is 13.2 Å². The summed E-state index contributed by atoms with van der Waals surface area (Å²) in [6.07, 6.45) is 0.918. The van der Waals surface area contributed by atoms with E-state index in [1.807, 2.05) is 13.8 Å². The first-order valence-corrected chi connectivity index (χ1v) is 6.14. The van der Waals surface area contributed by atoms with E-state index < -0.39 is 0 Å². The number of ether oxygens (including phenoxy) is 1. The van der Waals surface area contributed by atoms with Gasteiger partial charge in [0.1, 0.15) is 11.5 Å². The Kier molecular flexibility index (Phi) is 6.01. The maximum atomic E-state index is 5.63. The Morgan fingerprint density at radius 1 is 1.53 bits per heavy atom. The second kappa shape index (κ2) is 7.30. The van der Waals surface area contributed by atoms with Gasteiger partial charge in [0, 0.05) is 5.56 Å². The Morgan fingerprint density at radius 3 is 2.94 bits per heavy atom. The molecule has 1 rings (SSSR count). The molecule has 0 aromatic carbocycles. The quantitative estimate of drug-likeness (QED) is 0.557. The Morgan fingerprint density at radius 2 is 2.29 bits per heavy atom. The summed E-state index contributed by atoms with van der Waals surface area (Å²) in [6.45, 7) is 13.0. The number of aryl methyl sites for hydroxylation is 1. The van der Waals surface area contributed by atoms with Crippen LogP contribution in [-0.2, 0) is 17.9 Å². The Bertz CT molecular complexity index is 355. The number of rotatable bonds is 8. The first-order chi connectivity index (χ1) is 8.13. The van der Waals surface area contributed by atoms with Crippen molar-refractivity contribution in [2.24, 2.45) is 0 Å². The van der Waals surface area contributed by atoms with Crippen LogP contribution in [0.15, 0.2) is 22.6 Å². The van der Waals surface area contributed by atoms with Crippen LogP contribution in [0, 0.1) is 6.92 Å². The van der Waals surface area contributed by atoms with Gasteiger partial charge in [0.15, 0.2) is 0 Å². The summed E-state index contributed by atoms with van der Waals surface area (Å²) in [5, 5.41) is 3.24. The molecule has 0 saturated heterocycles. The van der Waals surface area contributed by atoms with Crippen LogP contribution >= 0.6 is 0 Å². The molecule has 0 aliphatic heterocycles. The Hall–Kier alpha value is -1.06. The van der Waals surface area contributed by atoms with Crippen molar-refractivity contribution < 1.29 is 9.15 Å². The molecule has 96 valence electrons. The van der Waals surface area contributed by atoms with Crippen molar-refractivity contribution in [3.05, 3.63) is 35.3 Å². The molecule has 0 saturated carbocycles. The number of hydrogen-bond acceptors (Lipinski definition) is 3. The van der Waals surface area contributed by atoms with Crippen LogP contribution < -0.4 is 5.32 Å². The van der Waals surface area contributed by atoms with Crippen molar-refractivity contribution in [3.8, 4) is 0 Å². The Labute approximate surface area is 104 Å². The highest BCUT2D eigenvalue weighted by atomic mass is 16.5. The lowest BCUT2D eigenvalue weighted by atomic mass is 10.2.